The van der Waals surface area contributed by atoms with E-state index < -0.39 is 10.0 Å². The van der Waals surface area contributed by atoms with Crippen LogP contribution in [0.2, 0.25) is 0 Å². The highest BCUT2D eigenvalue weighted by molar-refractivity contribution is 7.89. The van der Waals surface area contributed by atoms with Gasteiger partial charge in [0.15, 0.2) is 5.13 Å². The van der Waals surface area contributed by atoms with E-state index in [-0.39, 0.29) is 0 Å². The van der Waals surface area contributed by atoms with Gasteiger partial charge in [-0.05, 0) is 6.07 Å². The number of ether oxygens (including phenoxy) is 1. The summed E-state index contributed by atoms with van der Waals surface area (Å²) >= 11 is 1.24. The van der Waals surface area contributed by atoms with Crippen molar-refractivity contribution >= 4 is 38.0 Å². The van der Waals surface area contributed by atoms with Crippen LogP contribution in [0.15, 0.2) is 61.1 Å². The fourth-order valence-electron chi connectivity index (χ4n) is 2.52. The van der Waals surface area contributed by atoms with Crippen molar-refractivity contribution < 1.29 is 13.2 Å². The number of nitrogens with zero attached hydrogens (tertiary/aromatic N) is 4. The molecule has 9 nitrogen and oxygen atoms in total. The van der Waals surface area contributed by atoms with Gasteiger partial charge in [-0.25, -0.2) is 18.4 Å². The fraction of sp³-hybridized carbons (Fsp3) is 0.0556. The van der Waals surface area contributed by atoms with Crippen LogP contribution in [-0.4, -0.2) is 33.8 Å². The zero-order valence-corrected chi connectivity index (χ0v) is 16.8. The molecule has 148 valence electrons. The third-order valence-corrected chi connectivity index (χ3v) is 5.42. The Hall–Kier alpha value is -3.44. The molecule has 0 radical (unpaired) electrons. The molecule has 3 N–H and O–H groups in total. The van der Waals surface area contributed by atoms with Crippen molar-refractivity contribution in [3.63, 3.8) is 0 Å². The highest BCUT2D eigenvalue weighted by atomic mass is 32.2. The molecular formula is C18H16N6O3S2. The summed E-state index contributed by atoms with van der Waals surface area (Å²) in [5, 5.41) is 7.77. The number of nitrogen functional groups attached to an aromatic ring is 1. The predicted octanol–water partition coefficient (Wildman–Crippen LogP) is 3.33. The van der Waals surface area contributed by atoms with Gasteiger partial charge in [0, 0.05) is 17.8 Å². The molecule has 0 spiro atoms. The number of nitrogens with one attached hydrogen (secondary N) is 1. The van der Waals surface area contributed by atoms with Gasteiger partial charge in [0.05, 0.1) is 24.3 Å². The molecule has 3 heterocycles. The second-order valence-electron chi connectivity index (χ2n) is 6.02. The van der Waals surface area contributed by atoms with E-state index in [9.17, 15) is 8.42 Å². The van der Waals surface area contributed by atoms with E-state index in [1.807, 2.05) is 30.3 Å². The molecule has 11 heteroatoms. The molecule has 3 aromatic heterocycles. The largest absolute Gasteiger partial charge is 0.444 e. The third kappa shape index (κ3) is 4.36. The first-order valence-electron chi connectivity index (χ1n) is 8.36. The highest BCUT2D eigenvalue weighted by Crippen LogP contribution is 2.39. The molecule has 0 saturated carbocycles. The van der Waals surface area contributed by atoms with Gasteiger partial charge in [0.2, 0.25) is 5.06 Å². The van der Waals surface area contributed by atoms with Crippen LogP contribution in [0, 0.1) is 0 Å². The van der Waals surface area contributed by atoms with E-state index in [4.69, 9.17) is 10.5 Å². The smallest absolute Gasteiger partial charge is 0.250 e. The van der Waals surface area contributed by atoms with Crippen molar-refractivity contribution in [2.24, 2.45) is 0 Å². The van der Waals surface area contributed by atoms with Crippen LogP contribution >= 0.6 is 11.3 Å². The standard InChI is InChI=1S/C18H16N6O3S2/c1-29(25,26)24-11-13(10-21-24)22-15-9-14(7-8-20-15)27-17-16(23-18(19)28-17)12-5-3-2-4-6-12/h2-11H,1H3,(H2,19,23)(H,20,22). The van der Waals surface area contributed by atoms with Crippen molar-refractivity contribution in [3.05, 3.63) is 61.1 Å². The second-order valence-corrected chi connectivity index (χ2v) is 8.86. The Kier molecular flexibility index (Phi) is 4.91. The molecule has 1 aromatic carbocycles. The quantitative estimate of drug-likeness (QED) is 0.479. The fourth-order valence-corrected chi connectivity index (χ4v) is 3.77. The van der Waals surface area contributed by atoms with Crippen LogP contribution in [0.1, 0.15) is 0 Å². The Morgan fingerprint density at radius 1 is 1.21 bits per heavy atom. The van der Waals surface area contributed by atoms with Crippen LogP contribution in [0.4, 0.5) is 16.6 Å². The molecule has 4 rings (SSSR count). The average Bonchev–Trinajstić information content (AvgIpc) is 3.29. The maximum absolute atomic E-state index is 11.5. The lowest BCUT2D eigenvalue weighted by atomic mass is 10.2. The molecule has 0 unspecified atom stereocenters. The summed E-state index contributed by atoms with van der Waals surface area (Å²) < 4.78 is 29.9. The zero-order valence-electron chi connectivity index (χ0n) is 15.2. The minimum absolute atomic E-state index is 0.402. The predicted molar refractivity (Wildman–Crippen MR) is 112 cm³/mol. The number of hydrogen-bond acceptors (Lipinski definition) is 9. The van der Waals surface area contributed by atoms with Gasteiger partial charge in [0.25, 0.3) is 10.0 Å². The SMILES string of the molecule is CS(=O)(=O)n1cc(Nc2cc(Oc3sc(N)nc3-c3ccccc3)ccn2)cn1. The van der Waals surface area contributed by atoms with E-state index in [1.54, 1.807) is 18.3 Å². The van der Waals surface area contributed by atoms with Crippen molar-refractivity contribution in [2.75, 3.05) is 17.3 Å². The van der Waals surface area contributed by atoms with Crippen molar-refractivity contribution in [1.82, 2.24) is 19.2 Å². The first-order valence-corrected chi connectivity index (χ1v) is 11.0. The summed E-state index contributed by atoms with van der Waals surface area (Å²) in [5.41, 5.74) is 7.92. The normalized spacial score (nSPS) is 11.3. The average molecular weight is 428 g/mol. The second kappa shape index (κ2) is 7.53. The lowest BCUT2D eigenvalue weighted by Crippen LogP contribution is -2.09. The van der Waals surface area contributed by atoms with E-state index in [0.717, 1.165) is 15.9 Å². The van der Waals surface area contributed by atoms with Crippen LogP contribution < -0.4 is 15.8 Å². The molecule has 29 heavy (non-hydrogen) atoms. The maximum atomic E-state index is 11.5. The number of pyridine rings is 1. The number of anilines is 3. The summed E-state index contributed by atoms with van der Waals surface area (Å²) in [6.07, 6.45) is 5.41. The van der Waals surface area contributed by atoms with E-state index in [2.05, 4.69) is 20.4 Å². The van der Waals surface area contributed by atoms with Crippen molar-refractivity contribution in [3.8, 4) is 22.1 Å². The Morgan fingerprint density at radius 2 is 2.00 bits per heavy atom. The zero-order chi connectivity index (χ0) is 20.4. The molecular weight excluding hydrogens is 412 g/mol. The van der Waals surface area contributed by atoms with E-state index >= 15 is 0 Å². The number of rotatable bonds is 6. The summed E-state index contributed by atoms with van der Waals surface area (Å²) in [4.78, 5) is 8.58. The van der Waals surface area contributed by atoms with Crippen LogP contribution in [0.25, 0.3) is 11.3 Å². The topological polar surface area (TPSA) is 125 Å². The summed E-state index contributed by atoms with van der Waals surface area (Å²) in [5.74, 6) is 0.994. The van der Waals surface area contributed by atoms with E-state index in [0.29, 0.717) is 33.1 Å². The Morgan fingerprint density at radius 3 is 2.72 bits per heavy atom. The number of aromatic nitrogens is 4. The number of hydrogen-bond donors (Lipinski definition) is 2. The monoisotopic (exact) mass is 428 g/mol. The first-order chi connectivity index (χ1) is 13.9. The molecule has 0 aliphatic rings. The molecule has 0 atom stereocenters. The molecule has 0 amide bonds. The highest BCUT2D eigenvalue weighted by Gasteiger charge is 2.14. The minimum Gasteiger partial charge on any atom is -0.444 e. The van der Waals surface area contributed by atoms with Crippen LogP contribution in [0.5, 0.6) is 10.8 Å². The first kappa shape index (κ1) is 18.9. The van der Waals surface area contributed by atoms with Gasteiger partial charge < -0.3 is 15.8 Å². The van der Waals surface area contributed by atoms with Crippen LogP contribution in [-0.2, 0) is 10.0 Å². The van der Waals surface area contributed by atoms with Gasteiger partial charge >= 0.3 is 0 Å². The van der Waals surface area contributed by atoms with Gasteiger partial charge in [-0.1, -0.05) is 41.7 Å². The molecule has 0 saturated heterocycles. The maximum Gasteiger partial charge on any atom is 0.250 e. The van der Waals surface area contributed by atoms with Gasteiger partial charge in [-0.15, -0.1) is 0 Å². The van der Waals surface area contributed by atoms with Crippen molar-refractivity contribution in [1.29, 1.82) is 0 Å². The molecule has 4 aromatic rings. The molecule has 0 aliphatic heterocycles. The number of nitrogens with two attached hydrogens (primary N) is 1. The Labute approximate surface area is 170 Å². The lowest BCUT2D eigenvalue weighted by Gasteiger charge is -2.07. The van der Waals surface area contributed by atoms with Gasteiger partial charge in [-0.3, -0.25) is 0 Å². The van der Waals surface area contributed by atoms with Gasteiger partial charge in [0.1, 0.15) is 17.3 Å². The van der Waals surface area contributed by atoms with Crippen LogP contribution in [0.3, 0.4) is 0 Å². The number of benzene rings is 1. The summed E-state index contributed by atoms with van der Waals surface area (Å²) in [6.45, 7) is 0. The van der Waals surface area contributed by atoms with Crippen molar-refractivity contribution in [2.45, 2.75) is 0 Å². The number of thiazole rings is 1. The Balaban J connectivity index is 1.57. The summed E-state index contributed by atoms with van der Waals surface area (Å²) in [7, 11) is -3.45. The minimum atomic E-state index is -3.45. The summed E-state index contributed by atoms with van der Waals surface area (Å²) in [6, 6.07) is 13.0. The van der Waals surface area contributed by atoms with Gasteiger partial charge in [-0.2, -0.15) is 9.19 Å². The lowest BCUT2D eigenvalue weighted by molar-refractivity contribution is 0.496. The third-order valence-electron chi connectivity index (χ3n) is 3.77. The Bertz CT molecular complexity index is 1250. The molecule has 0 bridgehead atoms. The molecule has 0 aliphatic carbocycles. The molecule has 0 fully saturated rings. The van der Waals surface area contributed by atoms with E-state index in [1.165, 1.54) is 23.7 Å².